The van der Waals surface area contributed by atoms with Gasteiger partial charge in [0.1, 0.15) is 5.75 Å². The number of aromatic nitrogens is 1. The van der Waals surface area contributed by atoms with Crippen molar-refractivity contribution in [1.82, 2.24) is 4.98 Å². The van der Waals surface area contributed by atoms with E-state index in [4.69, 9.17) is 9.47 Å². The number of nitrogens with one attached hydrogen (secondary N) is 1. The van der Waals surface area contributed by atoms with Crippen molar-refractivity contribution >= 4 is 44.8 Å². The van der Waals surface area contributed by atoms with Crippen LogP contribution in [0.5, 0.6) is 5.75 Å². The van der Waals surface area contributed by atoms with Crippen molar-refractivity contribution in [2.45, 2.75) is 32.3 Å². The minimum atomic E-state index is -1.07. The molecule has 9 nitrogen and oxygen atoms in total. The van der Waals surface area contributed by atoms with Gasteiger partial charge in [-0.1, -0.05) is 12.1 Å². The van der Waals surface area contributed by atoms with Gasteiger partial charge in [0.2, 0.25) is 0 Å². The molecule has 2 aromatic carbocycles. The normalized spacial score (nSPS) is 11.7. The second kappa shape index (κ2) is 9.98. The molecule has 0 saturated carbocycles. The zero-order valence-electron chi connectivity index (χ0n) is 17.0. The van der Waals surface area contributed by atoms with E-state index in [0.717, 1.165) is 15.2 Å². The number of rotatable bonds is 9. The Labute approximate surface area is 182 Å². The number of amides is 1. The van der Waals surface area contributed by atoms with E-state index in [1.165, 1.54) is 32.2 Å². The third-order valence-electron chi connectivity index (χ3n) is 4.44. The average Bonchev–Trinajstić information content (AvgIpc) is 3.16. The summed E-state index contributed by atoms with van der Waals surface area (Å²) >= 11 is 1.59. The number of hydrogen-bond donors (Lipinski definition) is 1. The maximum Gasteiger partial charge on any atom is 0.306 e. The van der Waals surface area contributed by atoms with Crippen molar-refractivity contribution in [3.05, 3.63) is 57.6 Å². The highest BCUT2D eigenvalue weighted by atomic mass is 32.1. The molecule has 0 aliphatic rings. The van der Waals surface area contributed by atoms with E-state index in [0.29, 0.717) is 12.8 Å². The maximum atomic E-state index is 12.4. The van der Waals surface area contributed by atoms with Crippen LogP contribution in [0.4, 0.5) is 11.4 Å². The van der Waals surface area contributed by atoms with Crippen molar-refractivity contribution in [2.75, 3.05) is 12.4 Å². The smallest absolute Gasteiger partial charge is 0.306 e. The number of thiazole rings is 1. The summed E-state index contributed by atoms with van der Waals surface area (Å²) in [5, 5.41) is 14.4. The Bertz CT molecular complexity index is 1080. The van der Waals surface area contributed by atoms with Crippen LogP contribution < -0.4 is 10.1 Å². The lowest BCUT2D eigenvalue weighted by Gasteiger charge is -2.15. The molecule has 0 unspecified atom stereocenters. The molecule has 1 aromatic heterocycles. The highest BCUT2D eigenvalue weighted by molar-refractivity contribution is 7.18. The van der Waals surface area contributed by atoms with Crippen molar-refractivity contribution < 1.29 is 24.0 Å². The Morgan fingerprint density at radius 2 is 2.03 bits per heavy atom. The monoisotopic (exact) mass is 443 g/mol. The van der Waals surface area contributed by atoms with E-state index in [9.17, 15) is 19.7 Å². The minimum absolute atomic E-state index is 0.125. The fraction of sp³-hybridized carbons (Fsp3) is 0.286. The van der Waals surface area contributed by atoms with Crippen LogP contribution in [0.15, 0.2) is 42.5 Å². The van der Waals surface area contributed by atoms with Crippen LogP contribution in [0.1, 0.15) is 24.8 Å². The summed E-state index contributed by atoms with van der Waals surface area (Å²) in [7, 11) is 1.38. The largest absolute Gasteiger partial charge is 0.495 e. The fourth-order valence-corrected chi connectivity index (χ4v) is 3.87. The number of hydrogen-bond acceptors (Lipinski definition) is 8. The highest BCUT2D eigenvalue weighted by Crippen LogP contribution is 2.29. The molecule has 1 atom stereocenters. The Morgan fingerprint density at radius 1 is 1.26 bits per heavy atom. The molecule has 0 aliphatic carbocycles. The van der Waals surface area contributed by atoms with Crippen LogP contribution >= 0.6 is 11.3 Å². The number of ether oxygens (including phenoxy) is 2. The molecule has 0 fully saturated rings. The van der Waals surface area contributed by atoms with Crippen LogP contribution in [0.2, 0.25) is 0 Å². The maximum absolute atomic E-state index is 12.4. The molecule has 1 heterocycles. The van der Waals surface area contributed by atoms with Gasteiger partial charge in [0.05, 0.1) is 32.9 Å². The first-order valence-corrected chi connectivity index (χ1v) is 10.4. The van der Waals surface area contributed by atoms with Gasteiger partial charge in [-0.15, -0.1) is 11.3 Å². The minimum Gasteiger partial charge on any atom is -0.495 e. The van der Waals surface area contributed by atoms with Gasteiger partial charge in [0.15, 0.2) is 6.10 Å². The predicted molar refractivity (Wildman–Crippen MR) is 116 cm³/mol. The number of methoxy groups -OCH3 is 1. The van der Waals surface area contributed by atoms with E-state index in [1.54, 1.807) is 11.3 Å². The van der Waals surface area contributed by atoms with Gasteiger partial charge in [-0.05, 0) is 38.0 Å². The molecule has 0 bridgehead atoms. The molecule has 3 rings (SSSR count). The number of non-ortho nitro benzene ring substituents is 1. The number of carbonyl (C=O) groups excluding carboxylic acids is 2. The quantitative estimate of drug-likeness (QED) is 0.300. The van der Waals surface area contributed by atoms with Gasteiger partial charge in [0.25, 0.3) is 11.6 Å². The second-order valence-electron chi connectivity index (χ2n) is 6.69. The summed E-state index contributed by atoms with van der Waals surface area (Å²) in [5.41, 5.74) is 0.864. The van der Waals surface area contributed by atoms with Crippen molar-refractivity contribution in [3.63, 3.8) is 0 Å². The predicted octanol–water partition coefficient (Wildman–Crippen LogP) is 4.11. The molecule has 31 heavy (non-hydrogen) atoms. The van der Waals surface area contributed by atoms with Crippen LogP contribution in [0.25, 0.3) is 10.2 Å². The van der Waals surface area contributed by atoms with Gasteiger partial charge in [-0.2, -0.15) is 0 Å². The van der Waals surface area contributed by atoms with Crippen molar-refractivity contribution in [2.24, 2.45) is 0 Å². The summed E-state index contributed by atoms with van der Waals surface area (Å²) < 4.78 is 11.4. The molecule has 162 valence electrons. The Hall–Kier alpha value is -3.53. The second-order valence-corrected chi connectivity index (χ2v) is 7.81. The number of esters is 1. The lowest BCUT2D eigenvalue weighted by Crippen LogP contribution is -2.30. The fourth-order valence-electron chi connectivity index (χ4n) is 2.86. The Balaban J connectivity index is 1.50. The van der Waals surface area contributed by atoms with E-state index in [2.05, 4.69) is 10.3 Å². The molecule has 0 saturated heterocycles. The van der Waals surface area contributed by atoms with Crippen LogP contribution in [0.3, 0.4) is 0 Å². The highest BCUT2D eigenvalue weighted by Gasteiger charge is 2.21. The number of para-hydroxylation sites is 1. The standard InChI is InChI=1S/C21H21N3O6S/c1-13(21(26)23-16-12-14(24(27)28)10-11-17(16)29-2)30-20(25)9-5-8-19-22-15-6-3-4-7-18(15)31-19/h3-4,6-7,10-13H,5,8-9H2,1-2H3,(H,23,26)/t13-/m1/s1. The Morgan fingerprint density at radius 3 is 2.74 bits per heavy atom. The summed E-state index contributed by atoms with van der Waals surface area (Å²) in [6, 6.07) is 11.7. The molecular weight excluding hydrogens is 422 g/mol. The first kappa shape index (κ1) is 22.2. The molecular formula is C21H21N3O6S. The number of fused-ring (bicyclic) bond motifs is 1. The lowest BCUT2D eigenvalue weighted by molar-refractivity contribution is -0.384. The summed E-state index contributed by atoms with van der Waals surface area (Å²) in [5.74, 6) is -0.860. The first-order valence-electron chi connectivity index (χ1n) is 9.54. The lowest BCUT2D eigenvalue weighted by atomic mass is 10.2. The molecule has 1 amide bonds. The zero-order chi connectivity index (χ0) is 22.4. The van der Waals surface area contributed by atoms with Crippen LogP contribution in [-0.4, -0.2) is 35.0 Å². The van der Waals surface area contributed by atoms with E-state index >= 15 is 0 Å². The van der Waals surface area contributed by atoms with Gasteiger partial charge in [-0.25, -0.2) is 4.98 Å². The number of nitro benzene ring substituents is 1. The van der Waals surface area contributed by atoms with E-state index < -0.39 is 22.9 Å². The first-order chi connectivity index (χ1) is 14.9. The third kappa shape index (κ3) is 5.76. The van der Waals surface area contributed by atoms with Gasteiger partial charge >= 0.3 is 5.97 Å². The number of benzene rings is 2. The molecule has 10 heteroatoms. The number of nitrogens with zero attached hydrogens (tertiary/aromatic N) is 2. The summed E-state index contributed by atoms with van der Waals surface area (Å²) in [6.07, 6.45) is 0.262. The molecule has 1 N–H and O–H groups in total. The van der Waals surface area contributed by atoms with Crippen LogP contribution in [-0.2, 0) is 20.7 Å². The molecule has 0 spiro atoms. The van der Waals surface area contributed by atoms with Gasteiger partial charge in [0, 0.05) is 18.6 Å². The van der Waals surface area contributed by atoms with Crippen LogP contribution in [0, 0.1) is 10.1 Å². The number of nitro groups is 1. The van der Waals surface area contributed by atoms with E-state index in [1.807, 2.05) is 24.3 Å². The molecule has 3 aromatic rings. The van der Waals surface area contributed by atoms with Crippen molar-refractivity contribution in [3.8, 4) is 5.75 Å². The van der Waals surface area contributed by atoms with Gasteiger partial charge < -0.3 is 14.8 Å². The zero-order valence-corrected chi connectivity index (χ0v) is 17.8. The van der Waals surface area contributed by atoms with E-state index in [-0.39, 0.29) is 23.5 Å². The van der Waals surface area contributed by atoms with Gasteiger partial charge in [-0.3, -0.25) is 19.7 Å². The number of anilines is 1. The number of aryl methyl sites for hydroxylation is 1. The summed E-state index contributed by atoms with van der Waals surface area (Å²) in [4.78, 5) is 39.4. The Kier molecular flexibility index (Phi) is 7.14. The topological polar surface area (TPSA) is 121 Å². The summed E-state index contributed by atoms with van der Waals surface area (Å²) in [6.45, 7) is 1.44. The molecule has 0 radical (unpaired) electrons. The SMILES string of the molecule is COc1ccc([N+](=O)[O-])cc1NC(=O)[C@@H](C)OC(=O)CCCc1nc2ccccc2s1. The third-order valence-corrected chi connectivity index (χ3v) is 5.54. The van der Waals surface area contributed by atoms with Crippen molar-refractivity contribution in [1.29, 1.82) is 0 Å². The number of carbonyl (C=O) groups is 2. The molecule has 0 aliphatic heterocycles. The average molecular weight is 443 g/mol.